The van der Waals surface area contributed by atoms with Crippen LogP contribution in [0.15, 0.2) is 0 Å². The van der Waals surface area contributed by atoms with E-state index in [0.29, 0.717) is 0 Å². The first-order valence-corrected chi connectivity index (χ1v) is 14.2. The third-order valence-electron chi connectivity index (χ3n) is 4.24. The van der Waals surface area contributed by atoms with Crippen molar-refractivity contribution in [2.24, 2.45) is 17.8 Å². The second kappa shape index (κ2) is 11.9. The van der Waals surface area contributed by atoms with E-state index in [0.717, 1.165) is 17.8 Å². The standard InChI is InChI=1S/C18H43GeN3/c1-16(13-20(4)5)10-19(11-17(2)14-21(6)7)12-18(3)15-22(8)9/h16-19H,10-15H2,1-9H3. The Morgan fingerprint density at radius 2 is 0.773 bits per heavy atom. The summed E-state index contributed by atoms with van der Waals surface area (Å²) in [7, 11) is 13.3. The first kappa shape index (κ1) is 22.4. The number of hydrogen-bond donors (Lipinski definition) is 0. The molecule has 0 heterocycles. The molecule has 134 valence electrons. The van der Waals surface area contributed by atoms with Gasteiger partial charge in [0, 0.05) is 0 Å². The van der Waals surface area contributed by atoms with Gasteiger partial charge in [0.25, 0.3) is 0 Å². The summed E-state index contributed by atoms with van der Waals surface area (Å²) >= 11 is -1.20. The maximum atomic E-state index is 2.46. The van der Waals surface area contributed by atoms with E-state index in [1.165, 1.54) is 19.6 Å². The molecule has 0 aliphatic rings. The molecule has 0 radical (unpaired) electrons. The molecule has 0 fully saturated rings. The van der Waals surface area contributed by atoms with Gasteiger partial charge >= 0.3 is 145 Å². The second-order valence-corrected chi connectivity index (χ2v) is 15.3. The summed E-state index contributed by atoms with van der Waals surface area (Å²) in [5.74, 6) is 2.62. The van der Waals surface area contributed by atoms with Gasteiger partial charge in [0.2, 0.25) is 0 Å². The van der Waals surface area contributed by atoms with E-state index in [1.807, 2.05) is 0 Å². The molecule has 3 nitrogen and oxygen atoms in total. The van der Waals surface area contributed by atoms with Crippen LogP contribution >= 0.6 is 0 Å². The van der Waals surface area contributed by atoms with Crippen LogP contribution in [-0.2, 0) is 0 Å². The summed E-state index contributed by atoms with van der Waals surface area (Å²) in [5.41, 5.74) is 0. The van der Waals surface area contributed by atoms with Crippen molar-refractivity contribution >= 4 is 14.3 Å². The molecule has 0 aromatic rings. The van der Waals surface area contributed by atoms with Gasteiger partial charge in [-0.2, -0.15) is 0 Å². The third-order valence-corrected chi connectivity index (χ3v) is 13.5. The van der Waals surface area contributed by atoms with Crippen molar-refractivity contribution in [3.63, 3.8) is 0 Å². The van der Waals surface area contributed by atoms with Crippen LogP contribution < -0.4 is 0 Å². The summed E-state index contributed by atoms with van der Waals surface area (Å²) in [6, 6.07) is 0. The average molecular weight is 374 g/mol. The molecule has 0 bridgehead atoms. The van der Waals surface area contributed by atoms with Crippen molar-refractivity contribution in [2.75, 3.05) is 61.9 Å². The minimum atomic E-state index is -1.20. The van der Waals surface area contributed by atoms with Crippen molar-refractivity contribution < 1.29 is 0 Å². The van der Waals surface area contributed by atoms with E-state index in [-0.39, 0.29) is 0 Å². The SMILES string of the molecule is CC(CN(C)C)[CH2][GeH]([CH2]C(C)CN(C)C)[CH2]C(C)CN(C)C. The molecule has 3 unspecified atom stereocenters. The molecule has 0 aliphatic carbocycles. The normalized spacial score (nSPS) is 18.0. The van der Waals surface area contributed by atoms with E-state index >= 15 is 0 Å². The summed E-state index contributed by atoms with van der Waals surface area (Å²) in [5, 5.41) is 4.67. The fraction of sp³-hybridized carbons (Fsp3) is 1.00. The average Bonchev–Trinajstić information content (AvgIpc) is 2.23. The van der Waals surface area contributed by atoms with Gasteiger partial charge in [0.1, 0.15) is 0 Å². The van der Waals surface area contributed by atoms with Crippen LogP contribution in [0.3, 0.4) is 0 Å². The molecular weight excluding hydrogens is 331 g/mol. The Kier molecular flexibility index (Phi) is 12.1. The Morgan fingerprint density at radius 3 is 0.955 bits per heavy atom. The molecule has 0 saturated heterocycles. The van der Waals surface area contributed by atoms with E-state index in [1.54, 1.807) is 15.8 Å². The molecule has 0 amide bonds. The van der Waals surface area contributed by atoms with Gasteiger partial charge in [-0.15, -0.1) is 0 Å². The van der Waals surface area contributed by atoms with Crippen LogP contribution in [0.2, 0.25) is 15.8 Å². The third kappa shape index (κ3) is 12.9. The van der Waals surface area contributed by atoms with Crippen molar-refractivity contribution in [3.05, 3.63) is 0 Å². The van der Waals surface area contributed by atoms with E-state index in [9.17, 15) is 0 Å². The van der Waals surface area contributed by atoms with Crippen LogP contribution in [0.4, 0.5) is 0 Å². The van der Waals surface area contributed by atoms with Crippen LogP contribution in [-0.4, -0.2) is 91.0 Å². The first-order chi connectivity index (χ1) is 10.1. The van der Waals surface area contributed by atoms with E-state index in [2.05, 4.69) is 77.8 Å². The van der Waals surface area contributed by atoms with E-state index < -0.39 is 14.3 Å². The number of hydrogen-bond acceptors (Lipinski definition) is 3. The molecule has 0 rings (SSSR count). The molecule has 3 atom stereocenters. The van der Waals surface area contributed by atoms with Crippen LogP contribution in [0, 0.1) is 17.8 Å². The van der Waals surface area contributed by atoms with Crippen LogP contribution in [0.5, 0.6) is 0 Å². The summed E-state index contributed by atoms with van der Waals surface area (Å²) in [6.45, 7) is 11.2. The molecule has 0 aliphatic heterocycles. The van der Waals surface area contributed by atoms with Crippen molar-refractivity contribution in [2.45, 2.75) is 36.5 Å². The fourth-order valence-electron chi connectivity index (χ4n) is 4.09. The minimum absolute atomic E-state index is 0.873. The maximum absolute atomic E-state index is 2.46. The quantitative estimate of drug-likeness (QED) is 0.487. The molecule has 0 saturated carbocycles. The van der Waals surface area contributed by atoms with Gasteiger partial charge in [0.15, 0.2) is 0 Å². The Balaban J connectivity index is 4.53. The topological polar surface area (TPSA) is 9.72 Å². The van der Waals surface area contributed by atoms with Gasteiger partial charge in [-0.3, -0.25) is 0 Å². The molecule has 0 spiro atoms. The van der Waals surface area contributed by atoms with Crippen molar-refractivity contribution in [3.8, 4) is 0 Å². The molecule has 0 aromatic carbocycles. The monoisotopic (exact) mass is 375 g/mol. The Hall–Kier alpha value is 0.423. The predicted octanol–water partition coefficient (Wildman–Crippen LogP) is 2.81. The summed E-state index contributed by atoms with van der Waals surface area (Å²) in [6.07, 6.45) is 0. The Bertz CT molecular complexity index is 226. The summed E-state index contributed by atoms with van der Waals surface area (Å²) < 4.78 is 0. The second-order valence-electron chi connectivity index (χ2n) is 8.68. The summed E-state index contributed by atoms with van der Waals surface area (Å²) in [4.78, 5) is 7.07. The molecule has 0 N–H and O–H groups in total. The first-order valence-electron chi connectivity index (χ1n) is 9.04. The molecule has 22 heavy (non-hydrogen) atoms. The van der Waals surface area contributed by atoms with Crippen molar-refractivity contribution in [1.82, 2.24) is 14.7 Å². The van der Waals surface area contributed by atoms with Crippen molar-refractivity contribution in [1.29, 1.82) is 0 Å². The zero-order valence-corrected chi connectivity index (χ0v) is 19.3. The molecule has 0 aromatic heterocycles. The Labute approximate surface area is 145 Å². The Morgan fingerprint density at radius 1 is 0.545 bits per heavy atom. The van der Waals surface area contributed by atoms with Gasteiger partial charge in [-0.25, -0.2) is 0 Å². The number of rotatable bonds is 12. The van der Waals surface area contributed by atoms with Crippen LogP contribution in [0.1, 0.15) is 20.8 Å². The fourth-order valence-corrected chi connectivity index (χ4v) is 13.4. The molecule has 4 heteroatoms. The predicted molar refractivity (Wildman–Crippen MR) is 105 cm³/mol. The van der Waals surface area contributed by atoms with Gasteiger partial charge in [0.05, 0.1) is 0 Å². The van der Waals surface area contributed by atoms with Crippen LogP contribution in [0.25, 0.3) is 0 Å². The van der Waals surface area contributed by atoms with Gasteiger partial charge in [-0.1, -0.05) is 0 Å². The van der Waals surface area contributed by atoms with Gasteiger partial charge < -0.3 is 0 Å². The zero-order valence-electron chi connectivity index (χ0n) is 16.9. The van der Waals surface area contributed by atoms with E-state index in [4.69, 9.17) is 0 Å². The molecular formula is C18H43GeN3. The van der Waals surface area contributed by atoms with Gasteiger partial charge in [-0.05, 0) is 0 Å². The number of nitrogens with zero attached hydrogens (tertiary/aromatic N) is 3. The zero-order chi connectivity index (χ0) is 17.3.